The molecule has 2 aromatic heterocycles. The van der Waals surface area contributed by atoms with Gasteiger partial charge >= 0.3 is 0 Å². The zero-order valence-corrected chi connectivity index (χ0v) is 13.9. The summed E-state index contributed by atoms with van der Waals surface area (Å²) in [6.07, 6.45) is 2.96. The van der Waals surface area contributed by atoms with Crippen LogP contribution in [0.1, 0.15) is 29.8 Å². The van der Waals surface area contributed by atoms with Gasteiger partial charge in [-0.1, -0.05) is 24.3 Å². The van der Waals surface area contributed by atoms with Crippen LogP contribution in [0.5, 0.6) is 0 Å². The SMILES string of the molecule is C[C@@H](Nc1nccc(N2Cc3ccccc3C2)n1)c1ccc(F)cn1. The zero-order valence-electron chi connectivity index (χ0n) is 13.9. The number of aromatic nitrogens is 3. The fraction of sp³-hybridized carbons (Fsp3) is 0.211. The molecule has 0 unspecified atom stereocenters. The summed E-state index contributed by atoms with van der Waals surface area (Å²) in [7, 11) is 0. The zero-order chi connectivity index (χ0) is 17.2. The molecule has 0 bridgehead atoms. The van der Waals surface area contributed by atoms with Crippen molar-refractivity contribution in [2.24, 2.45) is 0 Å². The van der Waals surface area contributed by atoms with Gasteiger partial charge < -0.3 is 10.2 Å². The molecule has 0 aliphatic carbocycles. The molecule has 1 aromatic carbocycles. The number of pyridine rings is 1. The lowest BCUT2D eigenvalue weighted by Gasteiger charge is -2.18. The maximum absolute atomic E-state index is 13.0. The number of nitrogens with zero attached hydrogens (tertiary/aromatic N) is 4. The molecule has 126 valence electrons. The molecule has 0 fully saturated rings. The van der Waals surface area contributed by atoms with Crippen molar-refractivity contribution >= 4 is 11.8 Å². The second-order valence-corrected chi connectivity index (χ2v) is 6.13. The summed E-state index contributed by atoms with van der Waals surface area (Å²) in [6.45, 7) is 3.64. The number of hydrogen-bond acceptors (Lipinski definition) is 5. The molecule has 1 N–H and O–H groups in total. The fourth-order valence-electron chi connectivity index (χ4n) is 3.00. The second-order valence-electron chi connectivity index (χ2n) is 6.13. The van der Waals surface area contributed by atoms with Crippen molar-refractivity contribution in [2.75, 3.05) is 10.2 Å². The molecule has 3 aromatic rings. The van der Waals surface area contributed by atoms with Gasteiger partial charge in [-0.25, -0.2) is 9.37 Å². The molecule has 1 atom stereocenters. The monoisotopic (exact) mass is 335 g/mol. The van der Waals surface area contributed by atoms with Crippen LogP contribution in [0.15, 0.2) is 54.9 Å². The third-order valence-electron chi connectivity index (χ3n) is 4.35. The van der Waals surface area contributed by atoms with Gasteiger partial charge in [-0.05, 0) is 36.2 Å². The van der Waals surface area contributed by atoms with Gasteiger partial charge in [0, 0.05) is 19.3 Å². The van der Waals surface area contributed by atoms with Crippen molar-refractivity contribution < 1.29 is 4.39 Å². The molecular formula is C19H18FN5. The first-order valence-electron chi connectivity index (χ1n) is 8.22. The summed E-state index contributed by atoms with van der Waals surface area (Å²) in [5.41, 5.74) is 3.41. The summed E-state index contributed by atoms with van der Waals surface area (Å²) >= 11 is 0. The molecule has 0 amide bonds. The number of nitrogens with one attached hydrogen (secondary N) is 1. The minimum Gasteiger partial charge on any atom is -0.348 e. The lowest BCUT2D eigenvalue weighted by molar-refractivity contribution is 0.617. The third kappa shape index (κ3) is 3.28. The van der Waals surface area contributed by atoms with Crippen molar-refractivity contribution in [2.45, 2.75) is 26.1 Å². The van der Waals surface area contributed by atoms with Crippen LogP contribution in [-0.4, -0.2) is 15.0 Å². The summed E-state index contributed by atoms with van der Waals surface area (Å²) in [4.78, 5) is 15.2. The number of benzene rings is 1. The molecule has 4 rings (SSSR count). The van der Waals surface area contributed by atoms with E-state index >= 15 is 0 Å². The Bertz CT molecular complexity index is 856. The van der Waals surface area contributed by atoms with Gasteiger partial charge in [0.25, 0.3) is 0 Å². The summed E-state index contributed by atoms with van der Waals surface area (Å²) in [6, 6.07) is 13.3. The van der Waals surface area contributed by atoms with Crippen molar-refractivity contribution in [3.05, 3.63) is 77.5 Å². The van der Waals surface area contributed by atoms with E-state index in [4.69, 9.17) is 0 Å². The number of halogens is 1. The van der Waals surface area contributed by atoms with Gasteiger partial charge in [0.2, 0.25) is 5.95 Å². The minimum absolute atomic E-state index is 0.119. The Morgan fingerprint density at radius 3 is 2.48 bits per heavy atom. The lowest BCUT2D eigenvalue weighted by atomic mass is 10.1. The summed E-state index contributed by atoms with van der Waals surface area (Å²) in [5.74, 6) is 1.07. The van der Waals surface area contributed by atoms with Crippen molar-refractivity contribution in [1.82, 2.24) is 15.0 Å². The number of hydrogen-bond donors (Lipinski definition) is 1. The highest BCUT2D eigenvalue weighted by atomic mass is 19.1. The number of rotatable bonds is 4. The highest BCUT2D eigenvalue weighted by molar-refractivity contribution is 5.49. The van der Waals surface area contributed by atoms with Gasteiger partial charge in [0.1, 0.15) is 11.6 Å². The molecule has 0 radical (unpaired) electrons. The molecular weight excluding hydrogens is 317 g/mol. The van der Waals surface area contributed by atoms with Crippen molar-refractivity contribution in [3.63, 3.8) is 0 Å². The van der Waals surface area contributed by atoms with Crippen LogP contribution in [0.25, 0.3) is 0 Å². The topological polar surface area (TPSA) is 53.9 Å². The Morgan fingerprint density at radius 1 is 1.04 bits per heavy atom. The van der Waals surface area contributed by atoms with E-state index in [1.807, 2.05) is 13.0 Å². The van der Waals surface area contributed by atoms with Crippen LogP contribution >= 0.6 is 0 Å². The lowest BCUT2D eigenvalue weighted by Crippen LogP contribution is -2.18. The van der Waals surface area contributed by atoms with Crippen molar-refractivity contribution in [1.29, 1.82) is 0 Å². The average molecular weight is 335 g/mol. The quantitative estimate of drug-likeness (QED) is 0.788. The largest absolute Gasteiger partial charge is 0.348 e. The van der Waals surface area contributed by atoms with E-state index < -0.39 is 0 Å². The smallest absolute Gasteiger partial charge is 0.225 e. The van der Waals surface area contributed by atoms with Gasteiger partial charge in [-0.2, -0.15) is 4.98 Å². The van der Waals surface area contributed by atoms with E-state index in [0.29, 0.717) is 5.95 Å². The van der Waals surface area contributed by atoms with Crippen LogP contribution in [0.2, 0.25) is 0 Å². The first-order chi connectivity index (χ1) is 12.2. The Hall–Kier alpha value is -3.02. The summed E-state index contributed by atoms with van der Waals surface area (Å²) in [5, 5.41) is 3.23. The van der Waals surface area contributed by atoms with Crippen molar-refractivity contribution in [3.8, 4) is 0 Å². The molecule has 6 heteroatoms. The van der Waals surface area contributed by atoms with Crippen LogP contribution in [0.4, 0.5) is 16.2 Å². The van der Waals surface area contributed by atoms with Crippen LogP contribution in [-0.2, 0) is 13.1 Å². The maximum Gasteiger partial charge on any atom is 0.225 e. The Balaban J connectivity index is 1.49. The van der Waals surface area contributed by atoms with Crippen LogP contribution in [0, 0.1) is 5.82 Å². The predicted molar refractivity (Wildman–Crippen MR) is 94.6 cm³/mol. The number of fused-ring (bicyclic) bond motifs is 1. The van der Waals surface area contributed by atoms with Gasteiger partial charge in [0.05, 0.1) is 17.9 Å². The third-order valence-corrected chi connectivity index (χ3v) is 4.35. The van der Waals surface area contributed by atoms with E-state index in [0.717, 1.165) is 24.6 Å². The Labute approximate surface area is 145 Å². The highest BCUT2D eigenvalue weighted by Crippen LogP contribution is 2.27. The number of anilines is 2. The van der Waals surface area contributed by atoms with E-state index in [1.165, 1.54) is 23.4 Å². The van der Waals surface area contributed by atoms with Gasteiger partial charge in [-0.3, -0.25) is 4.98 Å². The minimum atomic E-state index is -0.345. The Kier molecular flexibility index (Phi) is 4.01. The summed E-state index contributed by atoms with van der Waals surface area (Å²) < 4.78 is 13.0. The molecule has 3 heterocycles. The molecule has 1 aliphatic rings. The molecule has 5 nitrogen and oxygen atoms in total. The van der Waals surface area contributed by atoms with Crippen LogP contribution in [0.3, 0.4) is 0 Å². The molecule has 1 aliphatic heterocycles. The molecule has 0 spiro atoms. The van der Waals surface area contributed by atoms with Gasteiger partial charge in [0.15, 0.2) is 0 Å². The van der Waals surface area contributed by atoms with Crippen LogP contribution < -0.4 is 10.2 Å². The van der Waals surface area contributed by atoms with E-state index in [9.17, 15) is 4.39 Å². The van der Waals surface area contributed by atoms with E-state index in [1.54, 1.807) is 12.3 Å². The van der Waals surface area contributed by atoms with E-state index in [-0.39, 0.29) is 11.9 Å². The molecule has 25 heavy (non-hydrogen) atoms. The highest BCUT2D eigenvalue weighted by Gasteiger charge is 2.20. The second kappa shape index (κ2) is 6.47. The standard InChI is InChI=1S/C19H18FN5/c1-13(17-7-6-16(20)10-22-17)23-19-21-9-8-18(24-19)25-11-14-4-2-3-5-15(14)12-25/h2-10,13H,11-12H2,1H3,(H,21,23,24)/t13-/m1/s1. The first kappa shape index (κ1) is 15.5. The average Bonchev–Trinajstić information content (AvgIpc) is 3.07. The molecule has 0 saturated heterocycles. The van der Waals surface area contributed by atoms with Gasteiger partial charge in [-0.15, -0.1) is 0 Å². The fourth-order valence-corrected chi connectivity index (χ4v) is 3.00. The normalized spacial score (nSPS) is 14.2. The first-order valence-corrected chi connectivity index (χ1v) is 8.22. The Morgan fingerprint density at radius 2 is 1.80 bits per heavy atom. The van der Waals surface area contributed by atoms with E-state index in [2.05, 4.69) is 49.4 Å². The molecule has 0 saturated carbocycles. The predicted octanol–water partition coefficient (Wildman–Crippen LogP) is 3.70. The maximum atomic E-state index is 13.0.